The number of rotatable bonds is 5. The molecular formula is C8H18N2. The van der Waals surface area contributed by atoms with E-state index >= 15 is 0 Å². The van der Waals surface area contributed by atoms with Crippen molar-refractivity contribution in [2.75, 3.05) is 20.3 Å². The van der Waals surface area contributed by atoms with Crippen LogP contribution in [0.4, 0.5) is 0 Å². The van der Waals surface area contributed by atoms with E-state index in [1.165, 1.54) is 5.57 Å². The largest absolute Gasteiger partial charge is 0.308 e. The van der Waals surface area contributed by atoms with Crippen LogP contribution in [0.1, 0.15) is 13.8 Å². The first-order valence-corrected chi connectivity index (χ1v) is 3.71. The zero-order chi connectivity index (χ0) is 7.98. The Bertz CT molecular complexity index is 97.4. The smallest absolute Gasteiger partial charge is 0.0454 e. The first-order valence-electron chi connectivity index (χ1n) is 3.71. The first kappa shape index (κ1) is 9.66. The molecule has 0 rings (SSSR count). The van der Waals surface area contributed by atoms with E-state index in [2.05, 4.69) is 31.1 Å². The Morgan fingerprint density at radius 1 is 1.50 bits per heavy atom. The summed E-state index contributed by atoms with van der Waals surface area (Å²) in [6.45, 7) is 10.0. The van der Waals surface area contributed by atoms with Gasteiger partial charge in [-0.1, -0.05) is 26.0 Å². The minimum absolute atomic E-state index is 0.587. The zero-order valence-corrected chi connectivity index (χ0v) is 7.20. The minimum Gasteiger partial charge on any atom is -0.308 e. The summed E-state index contributed by atoms with van der Waals surface area (Å²) in [5.74, 6) is 0.587. The molecule has 0 fully saturated rings. The monoisotopic (exact) mass is 142 g/mol. The lowest BCUT2D eigenvalue weighted by Gasteiger charge is -2.09. The van der Waals surface area contributed by atoms with Crippen molar-refractivity contribution in [2.24, 2.45) is 5.92 Å². The molecule has 60 valence electrons. The van der Waals surface area contributed by atoms with Gasteiger partial charge in [0, 0.05) is 13.2 Å². The summed E-state index contributed by atoms with van der Waals surface area (Å²) >= 11 is 0. The van der Waals surface area contributed by atoms with Gasteiger partial charge in [-0.15, -0.1) is 0 Å². The fourth-order valence-electron chi connectivity index (χ4n) is 0.552. The molecule has 0 aliphatic heterocycles. The molecule has 0 aliphatic rings. The maximum Gasteiger partial charge on any atom is 0.0454 e. The van der Waals surface area contributed by atoms with Crippen molar-refractivity contribution in [2.45, 2.75) is 13.8 Å². The van der Waals surface area contributed by atoms with Gasteiger partial charge in [0.1, 0.15) is 0 Å². The highest BCUT2D eigenvalue weighted by Crippen LogP contribution is 2.03. The summed E-state index contributed by atoms with van der Waals surface area (Å²) in [4.78, 5) is 0. The van der Waals surface area contributed by atoms with Crippen molar-refractivity contribution in [3.8, 4) is 0 Å². The Kier molecular flexibility index (Phi) is 5.26. The molecule has 0 radical (unpaired) electrons. The average molecular weight is 142 g/mol. The van der Waals surface area contributed by atoms with Gasteiger partial charge in [0.2, 0.25) is 0 Å². The van der Waals surface area contributed by atoms with Crippen molar-refractivity contribution < 1.29 is 0 Å². The SMILES string of the molecule is C=C(CNCNC)C(C)C. The van der Waals surface area contributed by atoms with E-state index in [-0.39, 0.29) is 0 Å². The molecule has 0 heterocycles. The highest BCUT2D eigenvalue weighted by atomic mass is 15.0. The lowest BCUT2D eigenvalue weighted by Crippen LogP contribution is -2.28. The lowest BCUT2D eigenvalue weighted by atomic mass is 10.1. The maximum absolute atomic E-state index is 3.94. The predicted molar refractivity (Wildman–Crippen MR) is 45.9 cm³/mol. The van der Waals surface area contributed by atoms with Gasteiger partial charge < -0.3 is 10.6 Å². The highest BCUT2D eigenvalue weighted by Gasteiger charge is 1.97. The molecule has 0 bridgehead atoms. The number of nitrogens with one attached hydrogen (secondary N) is 2. The molecule has 0 spiro atoms. The third-order valence-electron chi connectivity index (χ3n) is 1.47. The van der Waals surface area contributed by atoms with Crippen LogP contribution in [0.2, 0.25) is 0 Å². The lowest BCUT2D eigenvalue weighted by molar-refractivity contribution is 0.626. The van der Waals surface area contributed by atoms with E-state index in [0.717, 1.165) is 13.2 Å². The van der Waals surface area contributed by atoms with E-state index in [1.807, 2.05) is 7.05 Å². The molecule has 0 saturated carbocycles. The standard InChI is InChI=1S/C8H18N2/c1-7(2)8(3)5-10-6-9-4/h7,9-10H,3,5-6H2,1-2,4H3. The van der Waals surface area contributed by atoms with Crippen LogP contribution in [-0.4, -0.2) is 20.3 Å². The molecule has 2 nitrogen and oxygen atoms in total. The zero-order valence-electron chi connectivity index (χ0n) is 7.20. The first-order chi connectivity index (χ1) is 4.68. The van der Waals surface area contributed by atoms with Gasteiger partial charge in [-0.25, -0.2) is 0 Å². The molecule has 0 amide bonds. The second-order valence-electron chi connectivity index (χ2n) is 2.77. The maximum atomic E-state index is 3.94. The van der Waals surface area contributed by atoms with Crippen molar-refractivity contribution in [3.63, 3.8) is 0 Å². The summed E-state index contributed by atoms with van der Waals surface area (Å²) in [5, 5.41) is 6.22. The Hall–Kier alpha value is -0.340. The molecule has 10 heavy (non-hydrogen) atoms. The van der Waals surface area contributed by atoms with Crippen molar-refractivity contribution in [3.05, 3.63) is 12.2 Å². The Morgan fingerprint density at radius 2 is 2.10 bits per heavy atom. The van der Waals surface area contributed by atoms with Crippen LogP contribution >= 0.6 is 0 Å². The van der Waals surface area contributed by atoms with Gasteiger partial charge in [-0.3, -0.25) is 0 Å². The summed E-state index contributed by atoms with van der Waals surface area (Å²) in [5.41, 5.74) is 1.26. The summed E-state index contributed by atoms with van der Waals surface area (Å²) in [7, 11) is 1.92. The van der Waals surface area contributed by atoms with Crippen molar-refractivity contribution >= 4 is 0 Å². The summed E-state index contributed by atoms with van der Waals surface area (Å²) in [6, 6.07) is 0. The van der Waals surface area contributed by atoms with Crippen LogP contribution in [0.15, 0.2) is 12.2 Å². The van der Waals surface area contributed by atoms with Gasteiger partial charge in [0.15, 0.2) is 0 Å². The normalized spacial score (nSPS) is 10.4. The van der Waals surface area contributed by atoms with E-state index in [1.54, 1.807) is 0 Å². The molecule has 0 aliphatic carbocycles. The van der Waals surface area contributed by atoms with E-state index in [9.17, 15) is 0 Å². The van der Waals surface area contributed by atoms with E-state index < -0.39 is 0 Å². The predicted octanol–water partition coefficient (Wildman–Crippen LogP) is 0.965. The van der Waals surface area contributed by atoms with Crippen LogP contribution in [-0.2, 0) is 0 Å². The highest BCUT2D eigenvalue weighted by molar-refractivity contribution is 4.99. The van der Waals surface area contributed by atoms with Crippen LogP contribution in [0, 0.1) is 5.92 Å². The van der Waals surface area contributed by atoms with Crippen LogP contribution in [0.25, 0.3) is 0 Å². The van der Waals surface area contributed by atoms with Crippen LogP contribution in [0.3, 0.4) is 0 Å². The van der Waals surface area contributed by atoms with Crippen molar-refractivity contribution in [1.29, 1.82) is 0 Å². The van der Waals surface area contributed by atoms with Crippen LogP contribution in [0.5, 0.6) is 0 Å². The molecular weight excluding hydrogens is 124 g/mol. The van der Waals surface area contributed by atoms with Gasteiger partial charge in [-0.2, -0.15) is 0 Å². The van der Waals surface area contributed by atoms with E-state index in [4.69, 9.17) is 0 Å². The number of hydrogen-bond donors (Lipinski definition) is 2. The third kappa shape index (κ3) is 4.53. The topological polar surface area (TPSA) is 24.1 Å². The van der Waals surface area contributed by atoms with Crippen LogP contribution < -0.4 is 10.6 Å². The Balaban J connectivity index is 3.22. The second-order valence-corrected chi connectivity index (χ2v) is 2.77. The second kappa shape index (κ2) is 5.45. The van der Waals surface area contributed by atoms with Gasteiger partial charge in [0.25, 0.3) is 0 Å². The van der Waals surface area contributed by atoms with Crippen molar-refractivity contribution in [1.82, 2.24) is 10.6 Å². The average Bonchev–Trinajstić information content (AvgIpc) is 1.88. The Morgan fingerprint density at radius 3 is 2.50 bits per heavy atom. The molecule has 2 heteroatoms. The summed E-state index contributed by atoms with van der Waals surface area (Å²) < 4.78 is 0. The fourth-order valence-corrected chi connectivity index (χ4v) is 0.552. The molecule has 0 atom stereocenters. The van der Waals surface area contributed by atoms with E-state index in [0.29, 0.717) is 5.92 Å². The fraction of sp³-hybridized carbons (Fsp3) is 0.750. The molecule has 0 saturated heterocycles. The minimum atomic E-state index is 0.587. The number of hydrogen-bond acceptors (Lipinski definition) is 2. The molecule has 0 aromatic carbocycles. The molecule has 0 aromatic rings. The molecule has 2 N–H and O–H groups in total. The van der Waals surface area contributed by atoms with Gasteiger partial charge in [0.05, 0.1) is 0 Å². The summed E-state index contributed by atoms with van der Waals surface area (Å²) in [6.07, 6.45) is 0. The Labute approximate surface area is 63.7 Å². The van der Waals surface area contributed by atoms with Gasteiger partial charge in [-0.05, 0) is 13.0 Å². The quantitative estimate of drug-likeness (QED) is 0.339. The van der Waals surface area contributed by atoms with Gasteiger partial charge >= 0.3 is 0 Å². The molecule has 0 aromatic heterocycles. The molecule has 0 unspecified atom stereocenters. The third-order valence-corrected chi connectivity index (χ3v) is 1.47.